The number of amides is 1. The van der Waals surface area contributed by atoms with Crippen LogP contribution in [-0.4, -0.2) is 58.3 Å². The van der Waals surface area contributed by atoms with Crippen molar-refractivity contribution in [1.29, 1.82) is 0 Å². The number of aryl methyl sites for hydroxylation is 1. The summed E-state index contributed by atoms with van der Waals surface area (Å²) in [4.78, 5) is 33.5. The van der Waals surface area contributed by atoms with Crippen molar-refractivity contribution in [2.24, 2.45) is 0 Å². The van der Waals surface area contributed by atoms with Crippen molar-refractivity contribution in [3.8, 4) is 28.4 Å². The Hall–Kier alpha value is -3.46. The van der Waals surface area contributed by atoms with Crippen molar-refractivity contribution in [2.45, 2.75) is 59.0 Å². The fourth-order valence-corrected chi connectivity index (χ4v) is 4.62. The number of nitrogens with one attached hydrogen (secondary N) is 1. The molecular weight excluding hydrogens is 458 g/mol. The lowest BCUT2D eigenvalue weighted by Gasteiger charge is -2.25. The first-order valence-corrected chi connectivity index (χ1v) is 12.6. The van der Waals surface area contributed by atoms with Gasteiger partial charge in [0, 0.05) is 24.6 Å². The van der Waals surface area contributed by atoms with E-state index >= 15 is 0 Å². The van der Waals surface area contributed by atoms with Gasteiger partial charge < -0.3 is 19.5 Å². The molecule has 0 unspecified atom stereocenters. The minimum absolute atomic E-state index is 0.0435. The summed E-state index contributed by atoms with van der Waals surface area (Å²) in [6, 6.07) is 9.27. The Balaban J connectivity index is 1.69. The van der Waals surface area contributed by atoms with Crippen molar-refractivity contribution >= 4 is 5.91 Å². The van der Waals surface area contributed by atoms with Crippen LogP contribution in [0.1, 0.15) is 44.6 Å². The van der Waals surface area contributed by atoms with Gasteiger partial charge in [0.05, 0.1) is 18.4 Å². The van der Waals surface area contributed by atoms with E-state index in [2.05, 4.69) is 20.4 Å². The Morgan fingerprint density at radius 3 is 2.69 bits per heavy atom. The predicted molar refractivity (Wildman–Crippen MR) is 138 cm³/mol. The lowest BCUT2D eigenvalue weighted by molar-refractivity contribution is -0.122. The molecule has 3 aromatic rings. The molecule has 0 bridgehead atoms. The highest BCUT2D eigenvalue weighted by atomic mass is 16.5. The molecule has 1 aromatic carbocycles. The van der Waals surface area contributed by atoms with Gasteiger partial charge in [-0.1, -0.05) is 23.7 Å². The molecule has 0 radical (unpaired) electrons. The third-order valence-electron chi connectivity index (χ3n) is 6.40. The summed E-state index contributed by atoms with van der Waals surface area (Å²) >= 11 is 0. The summed E-state index contributed by atoms with van der Waals surface area (Å²) in [5.74, 6) is 1.18. The summed E-state index contributed by atoms with van der Waals surface area (Å²) in [5, 5.41) is 7.00. The van der Waals surface area contributed by atoms with Crippen LogP contribution < -0.4 is 15.6 Å². The molecule has 1 saturated heterocycles. The highest BCUT2D eigenvalue weighted by molar-refractivity contribution is 5.78. The molecule has 1 amide bonds. The van der Waals surface area contributed by atoms with Crippen molar-refractivity contribution in [3.05, 3.63) is 52.1 Å². The Bertz CT molecular complexity index is 1260. The number of ether oxygens (including phenoxy) is 1. The SMILES string of the molecule is COc1cccc(-c2cc(C)c(-c3noc(CCN4CCCCC4)n3)c(=O)n2CC(=O)NC(C)C)c1. The lowest BCUT2D eigenvalue weighted by Crippen LogP contribution is -2.37. The molecule has 4 rings (SSSR count). The summed E-state index contributed by atoms with van der Waals surface area (Å²) < 4.78 is 12.3. The summed E-state index contributed by atoms with van der Waals surface area (Å²) in [7, 11) is 1.59. The average molecular weight is 494 g/mol. The zero-order valence-electron chi connectivity index (χ0n) is 21.5. The molecule has 1 aliphatic heterocycles. The molecule has 1 aliphatic rings. The number of rotatable bonds is 9. The van der Waals surface area contributed by atoms with Crippen LogP contribution in [0.5, 0.6) is 5.75 Å². The minimum atomic E-state index is -0.338. The zero-order valence-corrected chi connectivity index (χ0v) is 21.5. The average Bonchev–Trinajstić information content (AvgIpc) is 3.33. The van der Waals surface area contributed by atoms with E-state index in [1.807, 2.05) is 51.1 Å². The van der Waals surface area contributed by atoms with Gasteiger partial charge in [-0.2, -0.15) is 4.98 Å². The first-order chi connectivity index (χ1) is 17.4. The monoisotopic (exact) mass is 493 g/mol. The molecule has 2 aromatic heterocycles. The van der Waals surface area contributed by atoms with Crippen LogP contribution in [0, 0.1) is 6.92 Å². The third-order valence-corrected chi connectivity index (χ3v) is 6.40. The van der Waals surface area contributed by atoms with Crippen molar-refractivity contribution in [1.82, 2.24) is 24.9 Å². The van der Waals surface area contributed by atoms with Crippen LogP contribution in [0.2, 0.25) is 0 Å². The summed E-state index contributed by atoms with van der Waals surface area (Å²) in [6.07, 6.45) is 4.36. The molecule has 1 N–H and O–H groups in total. The Labute approximate surface area is 211 Å². The van der Waals surface area contributed by atoms with Crippen LogP contribution in [0.4, 0.5) is 0 Å². The van der Waals surface area contributed by atoms with Crippen LogP contribution in [0.3, 0.4) is 0 Å². The summed E-state index contributed by atoms with van der Waals surface area (Å²) in [5.41, 5.74) is 2.10. The fourth-order valence-electron chi connectivity index (χ4n) is 4.62. The van der Waals surface area contributed by atoms with Gasteiger partial charge in [0.15, 0.2) is 0 Å². The second-order valence-electron chi connectivity index (χ2n) is 9.60. The number of pyridine rings is 1. The Morgan fingerprint density at radius 1 is 1.19 bits per heavy atom. The van der Waals surface area contributed by atoms with Gasteiger partial charge in [-0.05, 0) is 70.5 Å². The lowest BCUT2D eigenvalue weighted by atomic mass is 10.0. The van der Waals surface area contributed by atoms with Gasteiger partial charge in [0.1, 0.15) is 12.3 Å². The van der Waals surface area contributed by atoms with Gasteiger partial charge in [0.25, 0.3) is 5.56 Å². The first-order valence-electron chi connectivity index (χ1n) is 12.6. The molecular formula is C27H35N5O4. The standard InChI is InChI=1S/C27H35N5O4/c1-18(2)28-23(33)17-32-22(20-9-8-10-21(16-20)35-4)15-19(3)25(27(32)34)26-29-24(36-30-26)11-14-31-12-6-5-7-13-31/h8-10,15-16,18H,5-7,11-14,17H2,1-4H3,(H,28,33). The van der Waals surface area contributed by atoms with Crippen LogP contribution in [-0.2, 0) is 17.8 Å². The molecule has 192 valence electrons. The molecule has 9 nitrogen and oxygen atoms in total. The smallest absolute Gasteiger partial charge is 0.263 e. The fraction of sp³-hybridized carbons (Fsp3) is 0.481. The van der Waals surface area contributed by atoms with E-state index in [0.717, 1.165) is 25.2 Å². The van der Waals surface area contributed by atoms with E-state index in [-0.39, 0.29) is 29.9 Å². The number of likely N-dealkylation sites (tertiary alicyclic amines) is 1. The van der Waals surface area contributed by atoms with Crippen LogP contribution in [0.15, 0.2) is 39.6 Å². The quantitative estimate of drug-likeness (QED) is 0.487. The number of hydrogen-bond acceptors (Lipinski definition) is 7. The van der Waals surface area contributed by atoms with E-state index in [9.17, 15) is 9.59 Å². The Morgan fingerprint density at radius 2 is 1.97 bits per heavy atom. The zero-order chi connectivity index (χ0) is 25.7. The second kappa shape index (κ2) is 11.5. The normalized spacial score (nSPS) is 14.2. The van der Waals surface area contributed by atoms with Crippen molar-refractivity contribution in [3.63, 3.8) is 0 Å². The molecule has 0 aliphatic carbocycles. The third kappa shape index (κ3) is 6.02. The van der Waals surface area contributed by atoms with Gasteiger partial charge in [-0.3, -0.25) is 14.2 Å². The molecule has 0 atom stereocenters. The maximum atomic E-state index is 13.8. The van der Waals surface area contributed by atoms with Crippen LogP contribution >= 0.6 is 0 Å². The number of piperidine rings is 1. The number of nitrogens with zero attached hydrogens (tertiary/aromatic N) is 4. The van der Waals surface area contributed by atoms with Crippen molar-refractivity contribution < 1.29 is 14.1 Å². The van der Waals surface area contributed by atoms with Gasteiger partial charge >= 0.3 is 0 Å². The number of hydrogen-bond donors (Lipinski definition) is 1. The van der Waals surface area contributed by atoms with E-state index in [0.29, 0.717) is 34.9 Å². The summed E-state index contributed by atoms with van der Waals surface area (Å²) in [6.45, 7) is 8.53. The first kappa shape index (κ1) is 25.6. The maximum absolute atomic E-state index is 13.8. The van der Waals surface area contributed by atoms with Crippen LogP contribution in [0.25, 0.3) is 22.6 Å². The molecule has 0 saturated carbocycles. The highest BCUT2D eigenvalue weighted by Crippen LogP contribution is 2.27. The molecule has 1 fully saturated rings. The molecule has 0 spiro atoms. The largest absolute Gasteiger partial charge is 0.497 e. The van der Waals surface area contributed by atoms with E-state index in [4.69, 9.17) is 9.26 Å². The number of methoxy groups -OCH3 is 1. The van der Waals surface area contributed by atoms with Gasteiger partial charge in [-0.15, -0.1) is 0 Å². The maximum Gasteiger partial charge on any atom is 0.263 e. The second-order valence-corrected chi connectivity index (χ2v) is 9.60. The predicted octanol–water partition coefficient (Wildman–Crippen LogP) is 3.44. The Kier molecular flexibility index (Phi) is 8.20. The van der Waals surface area contributed by atoms with E-state index in [1.165, 1.54) is 23.8 Å². The minimum Gasteiger partial charge on any atom is -0.497 e. The number of benzene rings is 1. The molecule has 3 heterocycles. The number of carbonyl (C=O) groups is 1. The van der Waals surface area contributed by atoms with E-state index in [1.54, 1.807) is 7.11 Å². The number of aromatic nitrogens is 3. The highest BCUT2D eigenvalue weighted by Gasteiger charge is 2.22. The van der Waals surface area contributed by atoms with Crippen molar-refractivity contribution in [2.75, 3.05) is 26.7 Å². The van der Waals surface area contributed by atoms with Gasteiger partial charge in [-0.25, -0.2) is 0 Å². The van der Waals surface area contributed by atoms with E-state index < -0.39 is 0 Å². The molecule has 9 heteroatoms. The van der Waals surface area contributed by atoms with Gasteiger partial charge in [0.2, 0.25) is 17.6 Å². The topological polar surface area (TPSA) is 102 Å². The molecule has 36 heavy (non-hydrogen) atoms. The number of carbonyl (C=O) groups excluding carboxylic acids is 1.